The first-order valence-corrected chi connectivity index (χ1v) is 3.99. The topological polar surface area (TPSA) is 37.3 Å². The van der Waals surface area contributed by atoms with E-state index in [1.54, 1.807) is 0 Å². The average Bonchev–Trinajstić information content (AvgIpc) is 1.87. The van der Waals surface area contributed by atoms with E-state index < -0.39 is 5.97 Å². The second-order valence-electron chi connectivity index (χ2n) is 2.56. The molecule has 0 saturated carbocycles. The van der Waals surface area contributed by atoms with Gasteiger partial charge in [-0.2, -0.15) is 0 Å². The van der Waals surface area contributed by atoms with Gasteiger partial charge in [-0.3, -0.25) is 4.79 Å². The molecule has 1 N–H and O–H groups in total. The molecule has 0 spiro atoms. The standard InChI is InChI=1S/C8H16O2.Pr/c1-2-3-4-5-6-7-8(9)10;/h2-7H2,1H3,(H,9,10);. The van der Waals surface area contributed by atoms with Gasteiger partial charge in [0.2, 0.25) is 0 Å². The maximum Gasteiger partial charge on any atom is 0.303 e. The average molecular weight is 285 g/mol. The van der Waals surface area contributed by atoms with E-state index in [0.717, 1.165) is 12.8 Å². The van der Waals surface area contributed by atoms with Gasteiger partial charge in [-0.1, -0.05) is 32.6 Å². The summed E-state index contributed by atoms with van der Waals surface area (Å²) in [6, 6.07) is 0. The molecule has 0 fully saturated rings. The summed E-state index contributed by atoms with van der Waals surface area (Å²) >= 11 is 0. The minimum Gasteiger partial charge on any atom is -0.481 e. The SMILES string of the molecule is CCCCCCCC(=O)O.[Pr]. The van der Waals surface area contributed by atoms with E-state index in [4.69, 9.17) is 5.11 Å². The van der Waals surface area contributed by atoms with Crippen LogP contribution in [-0.2, 0) is 4.79 Å². The predicted octanol–water partition coefficient (Wildman–Crippen LogP) is 2.43. The van der Waals surface area contributed by atoms with Crippen molar-refractivity contribution in [1.82, 2.24) is 0 Å². The molecule has 0 aromatic rings. The molecule has 0 amide bonds. The Morgan fingerprint density at radius 1 is 1.18 bits per heavy atom. The van der Waals surface area contributed by atoms with Gasteiger partial charge in [0.05, 0.1) is 0 Å². The van der Waals surface area contributed by atoms with Gasteiger partial charge in [-0.25, -0.2) is 0 Å². The first-order chi connectivity index (χ1) is 4.77. The van der Waals surface area contributed by atoms with E-state index in [-0.39, 0.29) is 41.3 Å². The summed E-state index contributed by atoms with van der Waals surface area (Å²) < 4.78 is 0. The molecule has 3 heteroatoms. The Morgan fingerprint density at radius 2 is 1.73 bits per heavy atom. The van der Waals surface area contributed by atoms with Crippen LogP contribution in [0, 0.1) is 41.3 Å². The number of hydrogen-bond acceptors (Lipinski definition) is 1. The Hall–Kier alpha value is 0.834. The van der Waals surface area contributed by atoms with Crippen LogP contribution < -0.4 is 0 Å². The number of rotatable bonds is 6. The summed E-state index contributed by atoms with van der Waals surface area (Å²) in [5.74, 6) is -0.670. The second kappa shape index (κ2) is 10.8. The summed E-state index contributed by atoms with van der Waals surface area (Å²) in [5.41, 5.74) is 0. The van der Waals surface area contributed by atoms with E-state index in [1.807, 2.05) is 0 Å². The maximum atomic E-state index is 10.0. The third-order valence-electron chi connectivity index (χ3n) is 1.49. The molecule has 0 aromatic carbocycles. The Bertz CT molecular complexity index is 94.1. The molecule has 0 atom stereocenters. The summed E-state index contributed by atoms with van der Waals surface area (Å²) in [4.78, 5) is 10.0. The van der Waals surface area contributed by atoms with Crippen molar-refractivity contribution in [2.75, 3.05) is 0 Å². The van der Waals surface area contributed by atoms with Crippen LogP contribution in [0.4, 0.5) is 0 Å². The van der Waals surface area contributed by atoms with Crippen molar-refractivity contribution in [3.8, 4) is 0 Å². The molecule has 0 aromatic heterocycles. The van der Waals surface area contributed by atoms with Crippen molar-refractivity contribution < 1.29 is 51.2 Å². The first kappa shape index (κ1) is 14.4. The number of carbonyl (C=O) groups is 1. The third-order valence-corrected chi connectivity index (χ3v) is 1.49. The number of unbranched alkanes of at least 4 members (excludes halogenated alkanes) is 4. The van der Waals surface area contributed by atoms with Crippen LogP contribution in [0.25, 0.3) is 0 Å². The van der Waals surface area contributed by atoms with E-state index in [1.165, 1.54) is 19.3 Å². The fraction of sp³-hybridized carbons (Fsp3) is 0.875. The Kier molecular flexibility index (Phi) is 14.1. The van der Waals surface area contributed by atoms with Crippen LogP contribution in [0.2, 0.25) is 0 Å². The largest absolute Gasteiger partial charge is 0.481 e. The van der Waals surface area contributed by atoms with E-state index in [0.29, 0.717) is 6.42 Å². The predicted molar refractivity (Wildman–Crippen MR) is 41.0 cm³/mol. The fourth-order valence-electron chi connectivity index (χ4n) is 0.880. The van der Waals surface area contributed by atoms with Crippen LogP contribution >= 0.6 is 0 Å². The second-order valence-corrected chi connectivity index (χ2v) is 2.56. The molecular formula is C8H16O2Pr. The normalized spacial score (nSPS) is 8.82. The molecule has 0 unspecified atom stereocenters. The molecule has 0 aliphatic heterocycles. The molecule has 11 heavy (non-hydrogen) atoms. The van der Waals surface area contributed by atoms with Crippen LogP contribution in [-0.4, -0.2) is 11.1 Å². The van der Waals surface area contributed by atoms with Crippen LogP contribution in [0.3, 0.4) is 0 Å². The van der Waals surface area contributed by atoms with Crippen molar-refractivity contribution >= 4 is 5.97 Å². The molecule has 63 valence electrons. The van der Waals surface area contributed by atoms with Gasteiger partial charge in [0.15, 0.2) is 0 Å². The quantitative estimate of drug-likeness (QED) is 0.761. The molecule has 0 aliphatic carbocycles. The summed E-state index contributed by atoms with van der Waals surface area (Å²) in [6.07, 6.45) is 5.88. The fourth-order valence-corrected chi connectivity index (χ4v) is 0.880. The number of aliphatic carboxylic acids is 1. The van der Waals surface area contributed by atoms with Gasteiger partial charge in [0, 0.05) is 47.7 Å². The molecule has 0 aliphatic rings. The van der Waals surface area contributed by atoms with Gasteiger partial charge in [-0.15, -0.1) is 0 Å². The minimum atomic E-state index is -0.670. The van der Waals surface area contributed by atoms with Crippen molar-refractivity contribution in [1.29, 1.82) is 0 Å². The van der Waals surface area contributed by atoms with Crippen LogP contribution in [0.15, 0.2) is 0 Å². The van der Waals surface area contributed by atoms with Gasteiger partial charge in [0.1, 0.15) is 0 Å². The smallest absolute Gasteiger partial charge is 0.303 e. The molecule has 0 saturated heterocycles. The molecule has 0 rings (SSSR count). The number of hydrogen-bond donors (Lipinski definition) is 1. The zero-order valence-corrected chi connectivity index (χ0v) is 10.9. The number of carboxylic acids is 1. The van der Waals surface area contributed by atoms with E-state index in [2.05, 4.69) is 6.92 Å². The molecule has 2 nitrogen and oxygen atoms in total. The molecular weight excluding hydrogens is 269 g/mol. The first-order valence-electron chi connectivity index (χ1n) is 3.99. The Morgan fingerprint density at radius 3 is 2.18 bits per heavy atom. The van der Waals surface area contributed by atoms with Crippen LogP contribution in [0.5, 0.6) is 0 Å². The monoisotopic (exact) mass is 285 g/mol. The van der Waals surface area contributed by atoms with Crippen molar-refractivity contribution in [2.24, 2.45) is 0 Å². The van der Waals surface area contributed by atoms with Gasteiger partial charge < -0.3 is 5.11 Å². The van der Waals surface area contributed by atoms with E-state index >= 15 is 0 Å². The van der Waals surface area contributed by atoms with Gasteiger partial charge in [-0.05, 0) is 6.42 Å². The summed E-state index contributed by atoms with van der Waals surface area (Å²) in [5, 5.41) is 8.27. The van der Waals surface area contributed by atoms with Crippen molar-refractivity contribution in [2.45, 2.75) is 45.4 Å². The zero-order valence-electron chi connectivity index (χ0n) is 7.18. The van der Waals surface area contributed by atoms with Crippen LogP contribution in [0.1, 0.15) is 45.4 Å². The zero-order chi connectivity index (χ0) is 7.82. The summed E-state index contributed by atoms with van der Waals surface area (Å²) in [7, 11) is 0. The molecule has 0 heterocycles. The molecule has 1 radical (unpaired) electrons. The minimum absolute atomic E-state index is 0. The Balaban J connectivity index is 0. The number of carboxylic acid groups (broad SMARTS) is 1. The van der Waals surface area contributed by atoms with Gasteiger partial charge >= 0.3 is 5.97 Å². The van der Waals surface area contributed by atoms with E-state index in [9.17, 15) is 4.79 Å². The summed E-state index contributed by atoms with van der Waals surface area (Å²) in [6.45, 7) is 2.15. The third kappa shape index (κ3) is 13.8. The molecule has 0 bridgehead atoms. The van der Waals surface area contributed by atoms with Crippen molar-refractivity contribution in [3.63, 3.8) is 0 Å². The Labute approximate surface area is 102 Å². The van der Waals surface area contributed by atoms with Crippen molar-refractivity contribution in [3.05, 3.63) is 0 Å². The maximum absolute atomic E-state index is 10.0. The van der Waals surface area contributed by atoms with Gasteiger partial charge in [0.25, 0.3) is 0 Å².